The molecule has 1 aromatic carbocycles. The van der Waals surface area contributed by atoms with Crippen molar-refractivity contribution in [3.63, 3.8) is 0 Å². The lowest BCUT2D eigenvalue weighted by Crippen LogP contribution is -2.44. The Morgan fingerprint density at radius 2 is 1.96 bits per heavy atom. The molecule has 0 saturated heterocycles. The van der Waals surface area contributed by atoms with Crippen LogP contribution in [0.2, 0.25) is 0 Å². The molecular formula is C21H31N3O2S. The van der Waals surface area contributed by atoms with Gasteiger partial charge in [0.2, 0.25) is 0 Å². The highest BCUT2D eigenvalue weighted by atomic mass is 32.1. The molecule has 1 N–H and O–H groups in total. The second kappa shape index (κ2) is 9.74. The fourth-order valence-electron chi connectivity index (χ4n) is 2.63. The van der Waals surface area contributed by atoms with Gasteiger partial charge in [0.05, 0.1) is 12.2 Å². The maximum Gasteiger partial charge on any atom is 0.317 e. The van der Waals surface area contributed by atoms with E-state index in [0.717, 1.165) is 16.5 Å². The number of rotatable bonds is 8. The van der Waals surface area contributed by atoms with E-state index >= 15 is 0 Å². The molecule has 2 amide bonds. The third kappa shape index (κ3) is 6.86. The molecule has 5 nitrogen and oxygen atoms in total. The molecule has 2 rings (SSSR count). The van der Waals surface area contributed by atoms with Crippen molar-refractivity contribution in [3.05, 3.63) is 45.4 Å². The van der Waals surface area contributed by atoms with E-state index in [-0.39, 0.29) is 12.1 Å². The predicted molar refractivity (Wildman–Crippen MR) is 111 cm³/mol. The molecule has 2 aromatic rings. The van der Waals surface area contributed by atoms with Crippen LogP contribution in [0.3, 0.4) is 0 Å². The molecule has 0 spiro atoms. The minimum absolute atomic E-state index is 0.0420. The van der Waals surface area contributed by atoms with Gasteiger partial charge in [0.25, 0.3) is 0 Å². The first-order valence-electron chi connectivity index (χ1n) is 9.43. The number of aryl methyl sites for hydroxylation is 2. The second-order valence-electron chi connectivity index (χ2n) is 7.65. The normalized spacial score (nSPS) is 11.1. The molecule has 0 unspecified atom stereocenters. The number of carbonyl (C=O) groups is 1. The van der Waals surface area contributed by atoms with Crippen LogP contribution in [-0.2, 0) is 13.2 Å². The standard InChI is InChI=1S/C21H31N3O2S/c1-14(2)10-24(21(25)22-15(3)4)11-18-13-27-20(23-18)12-26-19-8-7-16(5)17(6)9-19/h7-9,13-15H,10-12H2,1-6H3,(H,22,25). The van der Waals surface area contributed by atoms with Gasteiger partial charge in [-0.3, -0.25) is 0 Å². The van der Waals surface area contributed by atoms with Crippen molar-refractivity contribution in [2.75, 3.05) is 6.54 Å². The summed E-state index contributed by atoms with van der Waals surface area (Å²) in [6.07, 6.45) is 0. The molecule has 27 heavy (non-hydrogen) atoms. The molecule has 0 aliphatic carbocycles. The van der Waals surface area contributed by atoms with Gasteiger partial charge in [-0.2, -0.15) is 0 Å². The molecule has 0 aliphatic rings. The van der Waals surface area contributed by atoms with Gasteiger partial charge in [0, 0.05) is 18.0 Å². The van der Waals surface area contributed by atoms with Crippen LogP contribution < -0.4 is 10.1 Å². The van der Waals surface area contributed by atoms with Crippen LogP contribution in [0.1, 0.15) is 49.5 Å². The van der Waals surface area contributed by atoms with Crippen molar-refractivity contribution in [3.8, 4) is 5.75 Å². The summed E-state index contributed by atoms with van der Waals surface area (Å²) in [4.78, 5) is 18.9. The Hall–Kier alpha value is -2.08. The van der Waals surface area contributed by atoms with Crippen molar-refractivity contribution in [2.24, 2.45) is 5.92 Å². The van der Waals surface area contributed by atoms with Crippen LogP contribution in [0, 0.1) is 19.8 Å². The fourth-order valence-corrected chi connectivity index (χ4v) is 3.33. The fraction of sp³-hybridized carbons (Fsp3) is 0.524. The number of thiazole rings is 1. The maximum absolute atomic E-state index is 12.4. The minimum Gasteiger partial charge on any atom is -0.486 e. The number of carbonyl (C=O) groups excluding carboxylic acids is 1. The molecule has 148 valence electrons. The van der Waals surface area contributed by atoms with Crippen molar-refractivity contribution >= 4 is 17.4 Å². The lowest BCUT2D eigenvalue weighted by atomic mass is 10.1. The first-order chi connectivity index (χ1) is 12.7. The number of nitrogens with one attached hydrogen (secondary N) is 1. The summed E-state index contributed by atoms with van der Waals surface area (Å²) < 4.78 is 5.87. The predicted octanol–water partition coefficient (Wildman–Crippen LogP) is 4.91. The Kier molecular flexibility index (Phi) is 7.66. The Labute approximate surface area is 166 Å². The van der Waals surface area contributed by atoms with Crippen molar-refractivity contribution in [2.45, 2.75) is 60.7 Å². The number of hydrogen-bond acceptors (Lipinski definition) is 4. The second-order valence-corrected chi connectivity index (χ2v) is 8.59. The summed E-state index contributed by atoms with van der Waals surface area (Å²) in [5.41, 5.74) is 3.37. The zero-order valence-corrected chi connectivity index (χ0v) is 18.0. The van der Waals surface area contributed by atoms with E-state index in [4.69, 9.17) is 4.74 Å². The van der Waals surface area contributed by atoms with Crippen LogP contribution in [0.25, 0.3) is 0 Å². The zero-order chi connectivity index (χ0) is 20.0. The van der Waals surface area contributed by atoms with E-state index in [1.165, 1.54) is 11.1 Å². The first kappa shape index (κ1) is 21.2. The summed E-state index contributed by atoms with van der Waals surface area (Å²) in [5.74, 6) is 1.25. The van der Waals surface area contributed by atoms with Gasteiger partial charge in [-0.05, 0) is 56.9 Å². The van der Waals surface area contributed by atoms with Crippen LogP contribution >= 0.6 is 11.3 Å². The van der Waals surface area contributed by atoms with E-state index < -0.39 is 0 Å². The van der Waals surface area contributed by atoms with Crippen LogP contribution in [0.5, 0.6) is 5.75 Å². The quantitative estimate of drug-likeness (QED) is 0.697. The molecule has 0 bridgehead atoms. The van der Waals surface area contributed by atoms with Gasteiger partial charge in [-0.1, -0.05) is 19.9 Å². The third-order valence-electron chi connectivity index (χ3n) is 4.08. The third-order valence-corrected chi connectivity index (χ3v) is 4.95. The molecule has 0 aliphatic heterocycles. The van der Waals surface area contributed by atoms with Gasteiger partial charge in [-0.15, -0.1) is 11.3 Å². The first-order valence-corrected chi connectivity index (χ1v) is 10.3. The highest BCUT2D eigenvalue weighted by molar-refractivity contribution is 7.09. The summed E-state index contributed by atoms with van der Waals surface area (Å²) in [6.45, 7) is 14.0. The Morgan fingerprint density at radius 1 is 1.22 bits per heavy atom. The smallest absolute Gasteiger partial charge is 0.317 e. The number of ether oxygens (including phenoxy) is 1. The molecule has 0 radical (unpaired) electrons. The molecular weight excluding hydrogens is 358 g/mol. The van der Waals surface area contributed by atoms with Gasteiger partial charge in [-0.25, -0.2) is 9.78 Å². The summed E-state index contributed by atoms with van der Waals surface area (Å²) in [7, 11) is 0. The van der Waals surface area contributed by atoms with Crippen molar-refractivity contribution in [1.29, 1.82) is 0 Å². The molecule has 0 fully saturated rings. The van der Waals surface area contributed by atoms with E-state index in [0.29, 0.717) is 25.6 Å². The number of hydrogen-bond donors (Lipinski definition) is 1. The SMILES string of the molecule is Cc1ccc(OCc2nc(CN(CC(C)C)C(=O)NC(C)C)cs2)cc1C. The molecule has 1 heterocycles. The van der Waals surface area contributed by atoms with Crippen molar-refractivity contribution in [1.82, 2.24) is 15.2 Å². The lowest BCUT2D eigenvalue weighted by Gasteiger charge is -2.25. The molecule has 1 aromatic heterocycles. The van der Waals surface area contributed by atoms with Gasteiger partial charge in [0.1, 0.15) is 17.4 Å². The molecule has 6 heteroatoms. The van der Waals surface area contributed by atoms with E-state index in [9.17, 15) is 4.79 Å². The Balaban J connectivity index is 1.97. The van der Waals surface area contributed by atoms with E-state index in [1.54, 1.807) is 11.3 Å². The number of benzene rings is 1. The van der Waals surface area contributed by atoms with Gasteiger partial charge < -0.3 is 15.0 Å². The minimum atomic E-state index is -0.0420. The number of nitrogens with zero attached hydrogens (tertiary/aromatic N) is 2. The summed E-state index contributed by atoms with van der Waals surface area (Å²) in [5, 5.41) is 5.89. The number of urea groups is 1. The largest absolute Gasteiger partial charge is 0.486 e. The average Bonchev–Trinajstić information content (AvgIpc) is 3.02. The highest BCUT2D eigenvalue weighted by Crippen LogP contribution is 2.19. The average molecular weight is 390 g/mol. The van der Waals surface area contributed by atoms with E-state index in [2.05, 4.69) is 44.1 Å². The summed E-state index contributed by atoms with van der Waals surface area (Å²) in [6, 6.07) is 6.17. The van der Waals surface area contributed by atoms with Gasteiger partial charge >= 0.3 is 6.03 Å². The van der Waals surface area contributed by atoms with Crippen molar-refractivity contribution < 1.29 is 9.53 Å². The maximum atomic E-state index is 12.4. The zero-order valence-electron chi connectivity index (χ0n) is 17.2. The highest BCUT2D eigenvalue weighted by Gasteiger charge is 2.17. The number of amides is 2. The Morgan fingerprint density at radius 3 is 2.59 bits per heavy atom. The Bertz CT molecular complexity index is 756. The summed E-state index contributed by atoms with van der Waals surface area (Å²) >= 11 is 1.57. The van der Waals surface area contributed by atoms with Crippen LogP contribution in [0.4, 0.5) is 4.79 Å². The van der Waals surface area contributed by atoms with E-state index in [1.807, 2.05) is 36.3 Å². The topological polar surface area (TPSA) is 54.5 Å². The monoisotopic (exact) mass is 389 g/mol. The molecule has 0 saturated carbocycles. The number of aromatic nitrogens is 1. The molecule has 0 atom stereocenters. The van der Waals surface area contributed by atoms with Crippen LogP contribution in [0.15, 0.2) is 23.6 Å². The van der Waals surface area contributed by atoms with Gasteiger partial charge in [0.15, 0.2) is 0 Å². The lowest BCUT2D eigenvalue weighted by molar-refractivity contribution is 0.184. The van der Waals surface area contributed by atoms with Crippen LogP contribution in [-0.4, -0.2) is 28.5 Å².